The van der Waals surface area contributed by atoms with Gasteiger partial charge in [0.05, 0.1) is 28.4 Å². The van der Waals surface area contributed by atoms with Crippen molar-refractivity contribution < 1.29 is 24.1 Å². The lowest BCUT2D eigenvalue weighted by Gasteiger charge is -2.41. The summed E-state index contributed by atoms with van der Waals surface area (Å²) in [7, 11) is 8.57. The molecule has 6 heteroatoms. The average Bonchev–Trinajstić information content (AvgIpc) is 2.69. The number of rotatable bonds is 4. The lowest BCUT2D eigenvalue weighted by atomic mass is 9.76. The average molecular weight is 371 g/mol. The zero-order chi connectivity index (χ0) is 19.3. The topological polar surface area (TPSA) is 60.4 Å². The third-order valence-electron chi connectivity index (χ3n) is 5.81. The molecule has 0 radical (unpaired) electrons. The SMILES string of the molecule is COc1cc2c(cc1OC)-c1c(OC)c(O)c(OC)c3c1[C@@H](C2)N(C)CC3. The van der Waals surface area contributed by atoms with Crippen LogP contribution in [0.3, 0.4) is 0 Å². The van der Waals surface area contributed by atoms with Gasteiger partial charge >= 0.3 is 0 Å². The predicted molar refractivity (Wildman–Crippen MR) is 103 cm³/mol. The van der Waals surface area contributed by atoms with E-state index in [1.807, 2.05) is 12.1 Å². The molecule has 0 unspecified atom stereocenters. The van der Waals surface area contributed by atoms with Crippen molar-refractivity contribution in [3.63, 3.8) is 0 Å². The first-order chi connectivity index (χ1) is 13.0. The fourth-order valence-corrected chi connectivity index (χ4v) is 4.52. The molecule has 2 aromatic carbocycles. The van der Waals surface area contributed by atoms with Gasteiger partial charge in [-0.25, -0.2) is 0 Å². The van der Waals surface area contributed by atoms with E-state index in [0.29, 0.717) is 23.0 Å². The molecule has 6 nitrogen and oxygen atoms in total. The summed E-state index contributed by atoms with van der Waals surface area (Å²) in [6, 6.07) is 4.20. The standard InChI is InChI=1S/C21H25NO5/c1-22-7-6-12-17-14(22)8-11-9-15(24-2)16(25-3)10-13(11)18(17)21(27-5)19(23)20(12)26-4/h9-10,14,23H,6-8H2,1-5H3/t14-/m1/s1. The molecule has 144 valence electrons. The van der Waals surface area contributed by atoms with E-state index in [-0.39, 0.29) is 11.8 Å². The molecule has 0 saturated carbocycles. The van der Waals surface area contributed by atoms with E-state index in [1.165, 1.54) is 5.56 Å². The summed E-state index contributed by atoms with van der Waals surface area (Å²) >= 11 is 0. The molecule has 0 amide bonds. The summed E-state index contributed by atoms with van der Waals surface area (Å²) in [4.78, 5) is 2.35. The number of hydrogen-bond acceptors (Lipinski definition) is 6. The zero-order valence-corrected chi connectivity index (χ0v) is 16.4. The molecule has 2 aliphatic rings. The smallest absolute Gasteiger partial charge is 0.201 e. The van der Waals surface area contributed by atoms with E-state index in [2.05, 4.69) is 11.9 Å². The van der Waals surface area contributed by atoms with Crippen molar-refractivity contribution in [1.29, 1.82) is 0 Å². The second-order valence-electron chi connectivity index (χ2n) is 7.00. The van der Waals surface area contributed by atoms with Gasteiger partial charge in [-0.05, 0) is 48.7 Å². The highest BCUT2D eigenvalue weighted by Crippen LogP contribution is 2.57. The highest BCUT2D eigenvalue weighted by Gasteiger charge is 2.39. The minimum Gasteiger partial charge on any atom is -0.502 e. The lowest BCUT2D eigenvalue weighted by molar-refractivity contribution is 0.222. The van der Waals surface area contributed by atoms with Crippen molar-refractivity contribution in [2.75, 3.05) is 42.0 Å². The lowest BCUT2D eigenvalue weighted by Crippen LogP contribution is -2.36. The number of hydrogen-bond donors (Lipinski definition) is 1. The van der Waals surface area contributed by atoms with Gasteiger partial charge in [0, 0.05) is 23.7 Å². The van der Waals surface area contributed by atoms with Gasteiger partial charge < -0.3 is 24.1 Å². The van der Waals surface area contributed by atoms with E-state index < -0.39 is 0 Å². The molecule has 2 aromatic rings. The Hall–Kier alpha value is -2.60. The quantitative estimate of drug-likeness (QED) is 0.891. The zero-order valence-electron chi connectivity index (χ0n) is 16.4. The van der Waals surface area contributed by atoms with Crippen LogP contribution in [0.1, 0.15) is 22.7 Å². The largest absolute Gasteiger partial charge is 0.502 e. The summed E-state index contributed by atoms with van der Waals surface area (Å²) < 4.78 is 22.3. The van der Waals surface area contributed by atoms with Crippen LogP contribution >= 0.6 is 0 Å². The van der Waals surface area contributed by atoms with Crippen LogP contribution < -0.4 is 18.9 Å². The molecule has 1 aliphatic carbocycles. The second-order valence-corrected chi connectivity index (χ2v) is 7.00. The Labute approximate surface area is 159 Å². The van der Waals surface area contributed by atoms with E-state index in [9.17, 15) is 5.11 Å². The van der Waals surface area contributed by atoms with E-state index >= 15 is 0 Å². The first-order valence-electron chi connectivity index (χ1n) is 9.00. The third kappa shape index (κ3) is 2.43. The van der Waals surface area contributed by atoms with Gasteiger partial charge in [-0.15, -0.1) is 0 Å². The van der Waals surface area contributed by atoms with Gasteiger partial charge in [-0.3, -0.25) is 4.90 Å². The summed E-state index contributed by atoms with van der Waals surface area (Å²) in [5.41, 5.74) is 5.31. The second kappa shape index (κ2) is 6.53. The molecular weight excluding hydrogens is 346 g/mol. The van der Waals surface area contributed by atoms with Gasteiger partial charge in [0.1, 0.15) is 0 Å². The Morgan fingerprint density at radius 2 is 1.63 bits per heavy atom. The monoisotopic (exact) mass is 371 g/mol. The van der Waals surface area contributed by atoms with E-state index in [0.717, 1.165) is 41.6 Å². The van der Waals surface area contributed by atoms with Crippen LogP contribution in [-0.2, 0) is 12.8 Å². The van der Waals surface area contributed by atoms with Crippen LogP contribution in [0, 0.1) is 0 Å². The number of likely N-dealkylation sites (N-methyl/N-ethyl adjacent to an activating group) is 1. The first kappa shape index (κ1) is 17.8. The normalized spacial score (nSPS) is 17.7. The van der Waals surface area contributed by atoms with Crippen molar-refractivity contribution in [2.24, 2.45) is 0 Å². The van der Waals surface area contributed by atoms with Crippen LogP contribution in [0.15, 0.2) is 12.1 Å². The molecule has 1 heterocycles. The van der Waals surface area contributed by atoms with Crippen LogP contribution in [0.5, 0.6) is 28.7 Å². The van der Waals surface area contributed by atoms with Crippen LogP contribution in [0.25, 0.3) is 11.1 Å². The number of phenolic OH excluding ortho intramolecular Hbond substituents is 1. The van der Waals surface area contributed by atoms with Gasteiger partial charge in [0.15, 0.2) is 23.0 Å². The molecular formula is C21H25NO5. The Morgan fingerprint density at radius 1 is 0.963 bits per heavy atom. The Kier molecular flexibility index (Phi) is 4.30. The van der Waals surface area contributed by atoms with Crippen molar-refractivity contribution >= 4 is 0 Å². The molecule has 4 rings (SSSR count). The Balaban J connectivity index is 2.10. The first-order valence-corrected chi connectivity index (χ1v) is 9.00. The molecule has 0 aromatic heterocycles. The third-order valence-corrected chi connectivity index (χ3v) is 5.81. The maximum atomic E-state index is 10.9. The van der Waals surface area contributed by atoms with Crippen molar-refractivity contribution in [3.05, 3.63) is 28.8 Å². The van der Waals surface area contributed by atoms with E-state index in [1.54, 1.807) is 28.4 Å². The van der Waals surface area contributed by atoms with Crippen molar-refractivity contribution in [3.8, 4) is 39.9 Å². The minimum absolute atomic E-state index is 0.0553. The molecule has 1 aliphatic heterocycles. The molecule has 0 saturated heterocycles. The molecule has 1 atom stereocenters. The van der Waals surface area contributed by atoms with Crippen molar-refractivity contribution in [1.82, 2.24) is 4.90 Å². The van der Waals surface area contributed by atoms with Gasteiger partial charge in [-0.1, -0.05) is 0 Å². The summed E-state index contributed by atoms with van der Waals surface area (Å²) in [5, 5.41) is 10.9. The van der Waals surface area contributed by atoms with Crippen molar-refractivity contribution in [2.45, 2.75) is 18.9 Å². The molecule has 1 N–H and O–H groups in total. The minimum atomic E-state index is 0.0553. The fourth-order valence-electron chi connectivity index (χ4n) is 4.52. The summed E-state index contributed by atoms with van der Waals surface area (Å²) in [6.07, 6.45) is 1.67. The fraction of sp³-hybridized carbons (Fsp3) is 0.429. The number of aromatic hydroxyl groups is 1. The highest BCUT2D eigenvalue weighted by molar-refractivity contribution is 5.87. The van der Waals surface area contributed by atoms with Gasteiger partial charge in [0.25, 0.3) is 0 Å². The molecule has 0 fully saturated rings. The van der Waals surface area contributed by atoms with Crippen LogP contribution in [0.4, 0.5) is 0 Å². The number of ether oxygens (including phenoxy) is 4. The number of benzene rings is 2. The highest BCUT2D eigenvalue weighted by atomic mass is 16.5. The number of methoxy groups -OCH3 is 4. The maximum Gasteiger partial charge on any atom is 0.201 e. The van der Waals surface area contributed by atoms with Crippen LogP contribution in [0.2, 0.25) is 0 Å². The van der Waals surface area contributed by atoms with Crippen LogP contribution in [-0.4, -0.2) is 52.0 Å². The molecule has 27 heavy (non-hydrogen) atoms. The Bertz CT molecular complexity index is 908. The van der Waals surface area contributed by atoms with E-state index in [4.69, 9.17) is 18.9 Å². The summed E-state index contributed by atoms with van der Waals surface area (Å²) in [5.74, 6) is 2.38. The predicted octanol–water partition coefficient (Wildman–Crippen LogP) is 3.18. The number of nitrogens with zero attached hydrogens (tertiary/aromatic N) is 1. The number of phenols is 1. The summed E-state index contributed by atoms with van der Waals surface area (Å²) in [6.45, 7) is 0.905. The maximum absolute atomic E-state index is 10.9. The van der Waals surface area contributed by atoms with Gasteiger partial charge in [-0.2, -0.15) is 0 Å². The molecule has 0 spiro atoms. The Morgan fingerprint density at radius 3 is 2.26 bits per heavy atom. The molecule has 0 bridgehead atoms. The van der Waals surface area contributed by atoms with Gasteiger partial charge in [0.2, 0.25) is 5.75 Å². The number of fused-ring (bicyclic) bond motifs is 2.